The molecule has 0 saturated carbocycles. The quantitative estimate of drug-likeness (QED) is 0.223. The molecule has 0 bridgehead atoms. The van der Waals surface area contributed by atoms with Gasteiger partial charge in [0.15, 0.2) is 0 Å². The highest BCUT2D eigenvalue weighted by atomic mass is 19.4. The van der Waals surface area contributed by atoms with Gasteiger partial charge in [-0.15, -0.1) is 0 Å². The Kier molecular flexibility index (Phi) is 6.17. The van der Waals surface area contributed by atoms with Gasteiger partial charge < -0.3 is 19.7 Å². The molecule has 37 heavy (non-hydrogen) atoms. The van der Waals surface area contributed by atoms with Crippen molar-refractivity contribution in [3.63, 3.8) is 0 Å². The molecule has 3 aromatic carbocycles. The van der Waals surface area contributed by atoms with Crippen LogP contribution in [0.4, 0.5) is 23.2 Å². The Balaban J connectivity index is 1.62. The Labute approximate surface area is 209 Å². The lowest BCUT2D eigenvalue weighted by Gasteiger charge is -2.31. The maximum Gasteiger partial charge on any atom is 0.425 e. The zero-order valence-corrected chi connectivity index (χ0v) is 20.1. The molecular formula is C27H24F4N4O2. The molecule has 0 aliphatic carbocycles. The van der Waals surface area contributed by atoms with Gasteiger partial charge in [0.2, 0.25) is 5.60 Å². The number of ether oxygens (including phenoxy) is 1. The molecule has 2 heterocycles. The topological polar surface area (TPSA) is 64.2 Å². The minimum atomic E-state index is -5.02. The zero-order chi connectivity index (χ0) is 26.4. The molecule has 6 nitrogen and oxygen atoms in total. The van der Waals surface area contributed by atoms with Crippen molar-refractivity contribution in [3.05, 3.63) is 90.0 Å². The summed E-state index contributed by atoms with van der Waals surface area (Å²) in [7, 11) is 3.22. The number of aliphatic hydroxyl groups is 1. The molecule has 2 N–H and O–H groups in total. The number of hydrogen-bond donors (Lipinski definition) is 2. The van der Waals surface area contributed by atoms with Gasteiger partial charge in [-0.2, -0.15) is 18.3 Å². The minimum Gasteiger partial charge on any atom is -0.383 e. The van der Waals surface area contributed by atoms with E-state index in [-0.39, 0.29) is 16.5 Å². The van der Waals surface area contributed by atoms with Crippen LogP contribution in [-0.2, 0) is 17.4 Å². The second-order valence-electron chi connectivity index (χ2n) is 8.82. The maximum absolute atomic E-state index is 14.7. The van der Waals surface area contributed by atoms with Gasteiger partial charge in [-0.25, -0.2) is 9.07 Å². The summed E-state index contributed by atoms with van der Waals surface area (Å²) in [6.07, 6.45) is -2.29. The first-order valence-electron chi connectivity index (χ1n) is 11.5. The van der Waals surface area contributed by atoms with Gasteiger partial charge in [0, 0.05) is 48.9 Å². The first-order chi connectivity index (χ1) is 17.6. The first kappa shape index (κ1) is 24.8. The van der Waals surface area contributed by atoms with Gasteiger partial charge in [0.1, 0.15) is 5.82 Å². The second-order valence-corrected chi connectivity index (χ2v) is 8.82. The second kappa shape index (κ2) is 9.20. The summed E-state index contributed by atoms with van der Waals surface area (Å²) in [5.74, 6) is -0.411. The molecule has 0 saturated heterocycles. The molecule has 2 aromatic heterocycles. The fraction of sp³-hybridized carbons (Fsp3) is 0.222. The lowest BCUT2D eigenvalue weighted by molar-refractivity contribution is -0.247. The number of nitrogens with zero attached hydrogens (tertiary/aromatic N) is 3. The average Bonchev–Trinajstić information content (AvgIpc) is 3.44. The van der Waals surface area contributed by atoms with Crippen molar-refractivity contribution in [2.75, 3.05) is 25.6 Å². The van der Waals surface area contributed by atoms with Crippen LogP contribution in [0.2, 0.25) is 0 Å². The molecule has 1 unspecified atom stereocenters. The third-order valence-corrected chi connectivity index (χ3v) is 6.48. The van der Waals surface area contributed by atoms with Crippen LogP contribution in [0.1, 0.15) is 11.1 Å². The number of methoxy groups -OCH3 is 1. The Hall–Kier alpha value is -3.89. The highest BCUT2D eigenvalue weighted by molar-refractivity contribution is 5.89. The number of halogens is 4. The van der Waals surface area contributed by atoms with E-state index in [2.05, 4.69) is 10.4 Å². The molecule has 192 valence electrons. The molecule has 0 spiro atoms. The number of hydrogen-bond acceptors (Lipinski definition) is 4. The predicted molar refractivity (Wildman–Crippen MR) is 133 cm³/mol. The largest absolute Gasteiger partial charge is 0.425 e. The molecule has 5 aromatic rings. The van der Waals surface area contributed by atoms with Crippen LogP contribution in [-0.4, -0.2) is 45.9 Å². The Morgan fingerprint density at radius 1 is 1.00 bits per heavy atom. The van der Waals surface area contributed by atoms with Gasteiger partial charge in [-0.1, -0.05) is 12.1 Å². The Morgan fingerprint density at radius 2 is 1.76 bits per heavy atom. The number of benzene rings is 3. The van der Waals surface area contributed by atoms with Gasteiger partial charge in [-0.05, 0) is 54.1 Å². The van der Waals surface area contributed by atoms with Crippen molar-refractivity contribution < 1.29 is 27.4 Å². The number of fused-ring (bicyclic) bond motifs is 2. The number of rotatable bonds is 7. The number of aromatic nitrogens is 3. The lowest BCUT2D eigenvalue weighted by Crippen LogP contribution is -2.43. The van der Waals surface area contributed by atoms with Crippen LogP contribution in [0.3, 0.4) is 0 Å². The number of nitrogens with one attached hydrogen (secondary N) is 1. The number of anilines is 1. The summed E-state index contributed by atoms with van der Waals surface area (Å²) >= 11 is 0. The van der Waals surface area contributed by atoms with Gasteiger partial charge in [0.25, 0.3) is 0 Å². The SMILES string of the molecule is COCCNc1ccc2c(C(O)(c3ccc4c(cnn4-c4ccc(F)cc4)c3)C(F)(F)F)cn(C)c2c1. The Bertz CT molecular complexity index is 1570. The smallest absolute Gasteiger partial charge is 0.383 e. The zero-order valence-electron chi connectivity index (χ0n) is 20.1. The predicted octanol–water partition coefficient (Wildman–Crippen LogP) is 5.51. The third-order valence-electron chi connectivity index (χ3n) is 6.48. The lowest BCUT2D eigenvalue weighted by atomic mass is 9.85. The number of alkyl halides is 3. The maximum atomic E-state index is 14.7. The van der Waals surface area contributed by atoms with E-state index in [0.717, 1.165) is 5.69 Å². The molecule has 0 aliphatic rings. The highest BCUT2D eigenvalue weighted by Gasteiger charge is 2.57. The fourth-order valence-corrected chi connectivity index (χ4v) is 4.60. The van der Waals surface area contributed by atoms with E-state index in [1.165, 1.54) is 59.5 Å². The van der Waals surface area contributed by atoms with E-state index >= 15 is 0 Å². The summed E-state index contributed by atoms with van der Waals surface area (Å²) < 4.78 is 65.4. The van der Waals surface area contributed by atoms with Crippen molar-refractivity contribution in [2.45, 2.75) is 11.8 Å². The fourth-order valence-electron chi connectivity index (χ4n) is 4.60. The van der Waals surface area contributed by atoms with Gasteiger partial charge >= 0.3 is 6.18 Å². The van der Waals surface area contributed by atoms with E-state index in [1.54, 1.807) is 36.9 Å². The Morgan fingerprint density at radius 3 is 2.46 bits per heavy atom. The summed E-state index contributed by atoms with van der Waals surface area (Å²) in [4.78, 5) is 0. The van der Waals surface area contributed by atoms with Crippen LogP contribution >= 0.6 is 0 Å². The van der Waals surface area contributed by atoms with Crippen LogP contribution < -0.4 is 5.32 Å². The number of aryl methyl sites for hydroxylation is 1. The van der Waals surface area contributed by atoms with Crippen molar-refractivity contribution in [3.8, 4) is 5.69 Å². The van der Waals surface area contributed by atoms with E-state index in [1.807, 2.05) is 0 Å². The van der Waals surface area contributed by atoms with Gasteiger partial charge in [0.05, 0.1) is 29.5 Å². The van der Waals surface area contributed by atoms with E-state index < -0.39 is 17.6 Å². The minimum absolute atomic E-state index is 0.272. The molecule has 0 amide bonds. The van der Waals surface area contributed by atoms with Crippen LogP contribution in [0.5, 0.6) is 0 Å². The molecule has 5 rings (SSSR count). The highest BCUT2D eigenvalue weighted by Crippen LogP contribution is 2.47. The molecule has 0 aliphatic heterocycles. The van der Waals surface area contributed by atoms with Crippen molar-refractivity contribution in [1.29, 1.82) is 0 Å². The van der Waals surface area contributed by atoms with Crippen molar-refractivity contribution in [1.82, 2.24) is 14.3 Å². The van der Waals surface area contributed by atoms with E-state index in [0.29, 0.717) is 35.3 Å². The molecule has 0 fully saturated rings. The standard InChI is InChI=1S/C27H24F4N4O2/c1-34-16-23(22-9-6-20(14-25(22)34)32-11-12-37-2)26(36,27(29,30)31)18-3-10-24-17(13-18)15-33-35(24)21-7-4-19(28)5-8-21/h3-10,13-16,32,36H,11-12H2,1-2H3. The van der Waals surface area contributed by atoms with Crippen LogP contribution in [0, 0.1) is 5.82 Å². The molecule has 10 heteroatoms. The molecule has 0 radical (unpaired) electrons. The summed E-state index contributed by atoms with van der Waals surface area (Å²) in [6.45, 7) is 1.02. The summed E-state index contributed by atoms with van der Waals surface area (Å²) in [5, 5.41) is 19.5. The van der Waals surface area contributed by atoms with E-state index in [4.69, 9.17) is 4.74 Å². The van der Waals surface area contributed by atoms with E-state index in [9.17, 15) is 22.7 Å². The van der Waals surface area contributed by atoms with Crippen molar-refractivity contribution >= 4 is 27.5 Å². The normalized spacial score (nSPS) is 13.8. The third kappa shape index (κ3) is 4.21. The average molecular weight is 513 g/mol. The summed E-state index contributed by atoms with van der Waals surface area (Å²) in [6, 6.07) is 14.6. The molecular weight excluding hydrogens is 488 g/mol. The monoisotopic (exact) mass is 512 g/mol. The van der Waals surface area contributed by atoms with Crippen LogP contribution in [0.25, 0.3) is 27.5 Å². The summed E-state index contributed by atoms with van der Waals surface area (Å²) in [5.41, 5.74) is -1.55. The van der Waals surface area contributed by atoms with Crippen LogP contribution in [0.15, 0.2) is 73.1 Å². The van der Waals surface area contributed by atoms with Gasteiger partial charge in [-0.3, -0.25) is 0 Å². The van der Waals surface area contributed by atoms with Crippen molar-refractivity contribution in [2.24, 2.45) is 7.05 Å². The first-order valence-corrected chi connectivity index (χ1v) is 11.5. The molecule has 1 atom stereocenters.